The molecule has 0 radical (unpaired) electrons. The van der Waals surface area contributed by atoms with Gasteiger partial charge in [0.15, 0.2) is 0 Å². The second-order valence-electron chi connectivity index (χ2n) is 5.34. The monoisotopic (exact) mass is 260 g/mol. The lowest BCUT2D eigenvalue weighted by atomic mass is 10.1. The van der Waals surface area contributed by atoms with Crippen LogP contribution in [-0.4, -0.2) is 34.0 Å². The summed E-state index contributed by atoms with van der Waals surface area (Å²) in [6.07, 6.45) is 9.32. The number of piperidine rings is 1. The average molecular weight is 260 g/mol. The lowest BCUT2D eigenvalue weighted by Crippen LogP contribution is -2.35. The van der Waals surface area contributed by atoms with Crippen molar-refractivity contribution in [3.05, 3.63) is 17.6 Å². The number of hydrogen-bond donors (Lipinski definition) is 1. The van der Waals surface area contributed by atoms with Crippen LogP contribution in [0.1, 0.15) is 43.4 Å². The molecular formula is C14H20N4O. The minimum atomic E-state index is 0.829. The number of fused-ring (bicyclic) bond motifs is 1. The van der Waals surface area contributed by atoms with Crippen molar-refractivity contribution < 1.29 is 5.21 Å². The van der Waals surface area contributed by atoms with Crippen LogP contribution in [0, 0.1) is 0 Å². The number of anilines is 1. The van der Waals surface area contributed by atoms with E-state index in [1.54, 1.807) is 6.33 Å². The minimum Gasteiger partial charge on any atom is -0.411 e. The van der Waals surface area contributed by atoms with Crippen molar-refractivity contribution in [2.24, 2.45) is 5.16 Å². The molecule has 0 amide bonds. The highest BCUT2D eigenvalue weighted by Gasteiger charge is 2.22. The van der Waals surface area contributed by atoms with Crippen LogP contribution in [-0.2, 0) is 12.8 Å². The third-order valence-corrected chi connectivity index (χ3v) is 4.13. The van der Waals surface area contributed by atoms with Crippen molar-refractivity contribution in [2.45, 2.75) is 44.9 Å². The molecule has 3 rings (SSSR count). The zero-order chi connectivity index (χ0) is 13.1. The molecule has 1 aliphatic heterocycles. The summed E-state index contributed by atoms with van der Waals surface area (Å²) in [7, 11) is 0. The van der Waals surface area contributed by atoms with Gasteiger partial charge in [-0.05, 0) is 25.7 Å². The maximum absolute atomic E-state index is 8.82. The molecule has 5 heteroatoms. The van der Waals surface area contributed by atoms with Gasteiger partial charge >= 0.3 is 0 Å². The van der Waals surface area contributed by atoms with Crippen molar-refractivity contribution in [1.82, 2.24) is 9.97 Å². The first-order valence-electron chi connectivity index (χ1n) is 7.16. The average Bonchev–Trinajstić information content (AvgIpc) is 2.72. The Kier molecular flexibility index (Phi) is 3.62. The van der Waals surface area contributed by atoms with Crippen LogP contribution in [0.15, 0.2) is 11.5 Å². The Labute approximate surface area is 113 Å². The van der Waals surface area contributed by atoms with Crippen LogP contribution in [0.2, 0.25) is 0 Å². The van der Waals surface area contributed by atoms with Gasteiger partial charge in [0.25, 0.3) is 0 Å². The molecule has 1 aromatic rings. The SMILES string of the molecule is ON=C1CCN(c2ncnc3c2CCCCC3)CC1. The van der Waals surface area contributed by atoms with Crippen molar-refractivity contribution in [2.75, 3.05) is 18.0 Å². The molecule has 1 fully saturated rings. The molecular weight excluding hydrogens is 240 g/mol. The molecule has 0 saturated carbocycles. The standard InChI is InChI=1S/C14H20N4O/c19-17-11-6-8-18(9-7-11)14-12-4-2-1-3-5-13(12)15-10-16-14/h10,19H,1-9H2. The Hall–Kier alpha value is -1.65. The Bertz CT molecular complexity index is 476. The molecule has 0 atom stereocenters. The van der Waals surface area contributed by atoms with E-state index in [2.05, 4.69) is 20.0 Å². The van der Waals surface area contributed by atoms with Crippen LogP contribution in [0.5, 0.6) is 0 Å². The third kappa shape index (κ3) is 2.55. The van der Waals surface area contributed by atoms with Gasteiger partial charge in [-0.3, -0.25) is 0 Å². The Morgan fingerprint density at radius 2 is 1.79 bits per heavy atom. The predicted octanol–water partition coefficient (Wildman–Crippen LogP) is 2.18. The molecule has 0 unspecified atom stereocenters. The van der Waals surface area contributed by atoms with Crippen LogP contribution in [0.4, 0.5) is 5.82 Å². The number of aromatic nitrogens is 2. The molecule has 1 aliphatic carbocycles. The fourth-order valence-electron chi connectivity index (χ4n) is 3.03. The van der Waals surface area contributed by atoms with E-state index < -0.39 is 0 Å². The fraction of sp³-hybridized carbons (Fsp3) is 0.643. The van der Waals surface area contributed by atoms with Gasteiger partial charge in [-0.25, -0.2) is 9.97 Å². The quantitative estimate of drug-likeness (QED) is 0.477. The summed E-state index contributed by atoms with van der Waals surface area (Å²) in [5.74, 6) is 1.11. The van der Waals surface area contributed by atoms with Crippen molar-refractivity contribution in [1.29, 1.82) is 0 Å². The van der Waals surface area contributed by atoms with Crippen LogP contribution in [0.3, 0.4) is 0 Å². The van der Waals surface area contributed by atoms with E-state index in [1.165, 1.54) is 30.5 Å². The molecule has 2 heterocycles. The highest BCUT2D eigenvalue weighted by atomic mass is 16.4. The van der Waals surface area contributed by atoms with E-state index >= 15 is 0 Å². The third-order valence-electron chi connectivity index (χ3n) is 4.13. The number of nitrogens with zero attached hydrogens (tertiary/aromatic N) is 4. The van der Waals surface area contributed by atoms with Gasteiger partial charge in [-0.2, -0.15) is 0 Å². The summed E-state index contributed by atoms with van der Waals surface area (Å²) in [5.41, 5.74) is 3.49. The molecule has 0 aromatic carbocycles. The van der Waals surface area contributed by atoms with E-state index in [-0.39, 0.29) is 0 Å². The lowest BCUT2D eigenvalue weighted by Gasteiger charge is -2.30. The smallest absolute Gasteiger partial charge is 0.135 e. The molecule has 0 bridgehead atoms. The van der Waals surface area contributed by atoms with Gasteiger partial charge in [0, 0.05) is 37.2 Å². The van der Waals surface area contributed by atoms with Crippen LogP contribution >= 0.6 is 0 Å². The maximum Gasteiger partial charge on any atom is 0.135 e. The first kappa shape index (κ1) is 12.4. The maximum atomic E-state index is 8.82. The summed E-state index contributed by atoms with van der Waals surface area (Å²) >= 11 is 0. The predicted molar refractivity (Wildman–Crippen MR) is 74.0 cm³/mol. The first-order chi connectivity index (χ1) is 9.38. The zero-order valence-corrected chi connectivity index (χ0v) is 11.2. The molecule has 1 aromatic heterocycles. The fourth-order valence-corrected chi connectivity index (χ4v) is 3.03. The Morgan fingerprint density at radius 1 is 1.00 bits per heavy atom. The van der Waals surface area contributed by atoms with Gasteiger partial charge in [-0.1, -0.05) is 11.6 Å². The van der Waals surface area contributed by atoms with E-state index in [0.717, 1.165) is 50.3 Å². The van der Waals surface area contributed by atoms with Crippen LogP contribution < -0.4 is 4.90 Å². The van der Waals surface area contributed by atoms with Crippen molar-refractivity contribution >= 4 is 11.5 Å². The minimum absolute atomic E-state index is 0.829. The van der Waals surface area contributed by atoms with Crippen molar-refractivity contribution in [3.8, 4) is 0 Å². The number of oxime groups is 1. The Balaban J connectivity index is 1.85. The molecule has 102 valence electrons. The van der Waals surface area contributed by atoms with Gasteiger partial charge in [0.2, 0.25) is 0 Å². The lowest BCUT2D eigenvalue weighted by molar-refractivity contribution is 0.315. The summed E-state index contributed by atoms with van der Waals surface area (Å²) in [5, 5.41) is 12.2. The van der Waals surface area contributed by atoms with Gasteiger partial charge in [0.05, 0.1) is 5.71 Å². The van der Waals surface area contributed by atoms with E-state index in [4.69, 9.17) is 5.21 Å². The molecule has 5 nitrogen and oxygen atoms in total. The molecule has 0 spiro atoms. The van der Waals surface area contributed by atoms with Gasteiger partial charge in [-0.15, -0.1) is 0 Å². The number of aryl methyl sites for hydroxylation is 1. The molecule has 2 aliphatic rings. The second kappa shape index (κ2) is 5.55. The highest BCUT2D eigenvalue weighted by molar-refractivity contribution is 5.86. The van der Waals surface area contributed by atoms with Gasteiger partial charge in [0.1, 0.15) is 12.1 Å². The highest BCUT2D eigenvalue weighted by Crippen LogP contribution is 2.27. The molecule has 1 N–H and O–H groups in total. The molecule has 1 saturated heterocycles. The normalized spacial score (nSPS) is 19.8. The second-order valence-corrected chi connectivity index (χ2v) is 5.34. The summed E-state index contributed by atoms with van der Waals surface area (Å²) in [6, 6.07) is 0. The zero-order valence-electron chi connectivity index (χ0n) is 11.2. The topological polar surface area (TPSA) is 61.6 Å². The van der Waals surface area contributed by atoms with E-state index in [0.29, 0.717) is 0 Å². The van der Waals surface area contributed by atoms with Gasteiger partial charge < -0.3 is 10.1 Å². The summed E-state index contributed by atoms with van der Waals surface area (Å²) < 4.78 is 0. The number of hydrogen-bond acceptors (Lipinski definition) is 5. The largest absolute Gasteiger partial charge is 0.411 e. The first-order valence-corrected chi connectivity index (χ1v) is 7.16. The number of rotatable bonds is 1. The molecule has 19 heavy (non-hydrogen) atoms. The summed E-state index contributed by atoms with van der Waals surface area (Å²) in [4.78, 5) is 11.3. The summed E-state index contributed by atoms with van der Waals surface area (Å²) in [6.45, 7) is 1.78. The van der Waals surface area contributed by atoms with E-state index in [9.17, 15) is 0 Å². The Morgan fingerprint density at radius 3 is 2.58 bits per heavy atom. The van der Waals surface area contributed by atoms with Crippen LogP contribution in [0.25, 0.3) is 0 Å². The van der Waals surface area contributed by atoms with Crippen molar-refractivity contribution in [3.63, 3.8) is 0 Å². The van der Waals surface area contributed by atoms with E-state index in [1.807, 2.05) is 0 Å².